The molecule has 0 aromatic carbocycles. The third-order valence-corrected chi connectivity index (χ3v) is 4.10. The van der Waals surface area contributed by atoms with Crippen molar-refractivity contribution in [2.45, 2.75) is 30.7 Å². The Morgan fingerprint density at radius 1 is 1.52 bits per heavy atom. The molecule has 0 radical (unpaired) electrons. The molecule has 2 rings (SSSR count). The van der Waals surface area contributed by atoms with Crippen molar-refractivity contribution in [2.75, 3.05) is 0 Å². The first-order valence-electron chi connectivity index (χ1n) is 5.94. The average Bonchev–Trinajstić information content (AvgIpc) is 2.98. The summed E-state index contributed by atoms with van der Waals surface area (Å²) in [5, 5.41) is 12.3. The van der Waals surface area contributed by atoms with Crippen molar-refractivity contribution in [2.24, 2.45) is 5.73 Å². The Balaban J connectivity index is 1.93. The maximum absolute atomic E-state index is 11.5. The first kappa shape index (κ1) is 15.4. The minimum absolute atomic E-state index is 0.254. The van der Waals surface area contributed by atoms with E-state index in [0.717, 1.165) is 22.5 Å². The van der Waals surface area contributed by atoms with E-state index in [2.05, 4.69) is 15.2 Å². The summed E-state index contributed by atoms with van der Waals surface area (Å²) in [5.41, 5.74) is 5.74. The number of nitrogens with zero attached hydrogens (tertiary/aromatic N) is 3. The van der Waals surface area contributed by atoms with E-state index in [1.165, 1.54) is 0 Å². The molecule has 8 nitrogen and oxygen atoms in total. The van der Waals surface area contributed by atoms with Gasteiger partial charge in [0.25, 0.3) is 5.22 Å². The quantitative estimate of drug-likeness (QED) is 0.788. The molecule has 21 heavy (non-hydrogen) atoms. The van der Waals surface area contributed by atoms with Gasteiger partial charge in [0, 0.05) is 5.38 Å². The molecule has 0 saturated carbocycles. The summed E-state index contributed by atoms with van der Waals surface area (Å²) in [6.45, 7) is 3.53. The molecule has 0 aliphatic rings. The number of amides is 3. The van der Waals surface area contributed by atoms with Crippen LogP contribution in [0.2, 0.25) is 0 Å². The van der Waals surface area contributed by atoms with Crippen LogP contribution in [0.5, 0.6) is 0 Å². The number of rotatable bonds is 5. The molecule has 10 heteroatoms. The van der Waals surface area contributed by atoms with E-state index in [4.69, 9.17) is 10.2 Å². The summed E-state index contributed by atoms with van der Waals surface area (Å²) in [6.07, 6.45) is 0.444. The highest BCUT2D eigenvalue weighted by Gasteiger charge is 2.19. The number of primary amides is 1. The molecule has 3 amide bonds. The van der Waals surface area contributed by atoms with Gasteiger partial charge in [0.1, 0.15) is 0 Å². The van der Waals surface area contributed by atoms with Crippen LogP contribution in [0.1, 0.15) is 23.5 Å². The highest BCUT2D eigenvalue weighted by molar-refractivity contribution is 8.00. The molecule has 0 fully saturated rings. The lowest BCUT2D eigenvalue weighted by Gasteiger charge is -2.06. The lowest BCUT2D eigenvalue weighted by atomic mass is 10.3. The van der Waals surface area contributed by atoms with Gasteiger partial charge in [-0.25, -0.2) is 9.78 Å². The fraction of sp³-hybridized carbons (Fsp3) is 0.364. The Hall–Kier alpha value is -1.94. The molecule has 0 spiro atoms. The first-order chi connectivity index (χ1) is 9.94. The van der Waals surface area contributed by atoms with E-state index in [1.54, 1.807) is 18.3 Å². The number of thioether (sulfide) groups is 1. The number of carbonyl (C=O) groups is 2. The van der Waals surface area contributed by atoms with E-state index in [9.17, 15) is 9.59 Å². The summed E-state index contributed by atoms with van der Waals surface area (Å²) >= 11 is 2.60. The van der Waals surface area contributed by atoms with Gasteiger partial charge in [0.15, 0.2) is 0 Å². The second-order valence-corrected chi connectivity index (χ2v) is 6.46. The minimum Gasteiger partial charge on any atom is -0.416 e. The second kappa shape index (κ2) is 6.68. The van der Waals surface area contributed by atoms with Gasteiger partial charge < -0.3 is 10.2 Å². The van der Waals surface area contributed by atoms with E-state index < -0.39 is 17.2 Å². The van der Waals surface area contributed by atoms with Crippen molar-refractivity contribution < 1.29 is 14.0 Å². The third-order valence-electron chi connectivity index (χ3n) is 2.34. The molecule has 2 aromatic rings. The van der Waals surface area contributed by atoms with Gasteiger partial charge in [0.05, 0.1) is 22.4 Å². The number of urea groups is 1. The predicted octanol–water partition coefficient (Wildman–Crippen LogP) is 1.10. The third kappa shape index (κ3) is 4.53. The number of nitrogens with two attached hydrogens (primary N) is 1. The molecular weight excluding hydrogens is 314 g/mol. The molecule has 2 heterocycles. The summed E-state index contributed by atoms with van der Waals surface area (Å²) < 4.78 is 5.43. The molecule has 0 aliphatic carbocycles. The van der Waals surface area contributed by atoms with Crippen molar-refractivity contribution in [1.82, 2.24) is 20.5 Å². The Morgan fingerprint density at radius 3 is 2.90 bits per heavy atom. The SMILES string of the molecule is Cc1nc(Cc2nnc(S[C@H](C)C(=O)NC(N)=O)o2)cs1. The number of aromatic nitrogens is 3. The van der Waals surface area contributed by atoms with Crippen LogP contribution in [-0.4, -0.2) is 32.4 Å². The van der Waals surface area contributed by atoms with Crippen LogP contribution in [0, 0.1) is 6.92 Å². The Morgan fingerprint density at radius 2 is 2.29 bits per heavy atom. The van der Waals surface area contributed by atoms with Crippen molar-refractivity contribution in [3.8, 4) is 0 Å². The van der Waals surface area contributed by atoms with Crippen LogP contribution in [-0.2, 0) is 11.2 Å². The first-order valence-corrected chi connectivity index (χ1v) is 7.70. The number of hydrogen-bond acceptors (Lipinski definition) is 8. The lowest BCUT2D eigenvalue weighted by molar-refractivity contribution is -0.119. The fourth-order valence-electron chi connectivity index (χ4n) is 1.43. The van der Waals surface area contributed by atoms with Crippen molar-refractivity contribution in [3.63, 3.8) is 0 Å². The van der Waals surface area contributed by atoms with Crippen molar-refractivity contribution >= 4 is 35.0 Å². The zero-order valence-corrected chi connectivity index (χ0v) is 13.0. The predicted molar refractivity (Wildman–Crippen MR) is 77.0 cm³/mol. The number of hydrogen-bond donors (Lipinski definition) is 2. The van der Waals surface area contributed by atoms with Gasteiger partial charge in [0.2, 0.25) is 11.8 Å². The molecule has 0 unspecified atom stereocenters. The van der Waals surface area contributed by atoms with E-state index in [-0.39, 0.29) is 5.22 Å². The average molecular weight is 327 g/mol. The van der Waals surface area contributed by atoms with Gasteiger partial charge in [-0.2, -0.15) is 0 Å². The maximum atomic E-state index is 11.5. The zero-order chi connectivity index (χ0) is 15.4. The Kier molecular flexibility index (Phi) is 4.91. The summed E-state index contributed by atoms with van der Waals surface area (Å²) in [4.78, 5) is 26.4. The highest BCUT2D eigenvalue weighted by atomic mass is 32.2. The maximum Gasteiger partial charge on any atom is 0.318 e. The van der Waals surface area contributed by atoms with E-state index in [1.807, 2.05) is 17.6 Å². The number of thiazole rings is 1. The summed E-state index contributed by atoms with van der Waals surface area (Å²) in [5.74, 6) is -0.0901. The van der Waals surface area contributed by atoms with Crippen molar-refractivity contribution in [1.29, 1.82) is 0 Å². The Bertz CT molecular complexity index is 654. The molecule has 0 saturated heterocycles. The fourth-order valence-corrected chi connectivity index (χ4v) is 2.74. The van der Waals surface area contributed by atoms with Gasteiger partial charge in [-0.3, -0.25) is 10.1 Å². The zero-order valence-electron chi connectivity index (χ0n) is 11.3. The van der Waals surface area contributed by atoms with Crippen LogP contribution < -0.4 is 11.1 Å². The van der Waals surface area contributed by atoms with Gasteiger partial charge >= 0.3 is 6.03 Å². The van der Waals surface area contributed by atoms with Gasteiger partial charge in [-0.05, 0) is 13.8 Å². The molecule has 2 aromatic heterocycles. The van der Waals surface area contributed by atoms with Crippen LogP contribution in [0.15, 0.2) is 15.0 Å². The van der Waals surface area contributed by atoms with Crippen LogP contribution in [0.4, 0.5) is 4.79 Å². The highest BCUT2D eigenvalue weighted by Crippen LogP contribution is 2.22. The van der Waals surface area contributed by atoms with E-state index >= 15 is 0 Å². The molecule has 0 aliphatic heterocycles. The minimum atomic E-state index is -0.891. The second-order valence-electron chi connectivity index (χ2n) is 4.11. The number of aryl methyl sites for hydroxylation is 1. The molecule has 112 valence electrons. The molecular formula is C11H13N5O3S2. The molecule has 3 N–H and O–H groups in total. The normalized spacial score (nSPS) is 12.1. The largest absolute Gasteiger partial charge is 0.416 e. The smallest absolute Gasteiger partial charge is 0.318 e. The summed E-state index contributed by atoms with van der Waals surface area (Å²) in [6, 6.07) is -0.891. The van der Waals surface area contributed by atoms with Crippen LogP contribution in [0.3, 0.4) is 0 Å². The standard InChI is InChI=1S/C11H13N5O3S2/c1-5(9(17)14-10(12)18)21-11-16-15-8(19-11)3-7-4-20-6(2)13-7/h4-5H,3H2,1-2H3,(H3,12,14,17,18)/t5-/m1/s1. The van der Waals surface area contributed by atoms with Gasteiger partial charge in [-0.15, -0.1) is 21.5 Å². The van der Waals surface area contributed by atoms with Gasteiger partial charge in [-0.1, -0.05) is 11.8 Å². The van der Waals surface area contributed by atoms with Crippen LogP contribution >= 0.6 is 23.1 Å². The molecule has 0 bridgehead atoms. The monoisotopic (exact) mass is 327 g/mol. The lowest BCUT2D eigenvalue weighted by Crippen LogP contribution is -2.39. The van der Waals surface area contributed by atoms with Crippen LogP contribution in [0.25, 0.3) is 0 Å². The van der Waals surface area contributed by atoms with E-state index in [0.29, 0.717) is 12.3 Å². The van der Waals surface area contributed by atoms with Crippen molar-refractivity contribution in [3.05, 3.63) is 22.0 Å². The topological polar surface area (TPSA) is 124 Å². The number of carbonyl (C=O) groups excluding carboxylic acids is 2. The molecule has 1 atom stereocenters. The summed E-state index contributed by atoms with van der Waals surface area (Å²) in [7, 11) is 0. The number of imide groups is 1. The Labute approximate surface area is 128 Å². The number of nitrogens with one attached hydrogen (secondary N) is 1.